The molecule has 1 unspecified atom stereocenters. The van der Waals surface area contributed by atoms with E-state index in [1.807, 2.05) is 38.1 Å². The Morgan fingerprint density at radius 3 is 2.62 bits per heavy atom. The minimum absolute atomic E-state index is 0.201. The van der Waals surface area contributed by atoms with Crippen molar-refractivity contribution in [3.05, 3.63) is 65.0 Å². The molecule has 0 saturated carbocycles. The average Bonchev–Trinajstić information content (AvgIpc) is 2.83. The van der Waals surface area contributed by atoms with E-state index in [0.29, 0.717) is 6.42 Å². The summed E-state index contributed by atoms with van der Waals surface area (Å²) in [6.07, 6.45) is 0.631. The molecule has 21 heavy (non-hydrogen) atoms. The molecular formula is C18H16N2O. The Hall–Kier alpha value is -2.60. The van der Waals surface area contributed by atoms with Gasteiger partial charge in [0.2, 0.25) is 0 Å². The molecule has 0 aliphatic rings. The van der Waals surface area contributed by atoms with Crippen molar-refractivity contribution in [1.82, 2.24) is 5.16 Å². The molecule has 2 aromatic carbocycles. The SMILES string of the molecule is Cc1noc(C)c1CC(C#N)c1cccc2ccccc12. The standard InChI is InChI=1S/C18H16N2O/c1-12-18(13(2)21-20-12)10-15(11-19)17-9-5-7-14-6-3-4-8-16(14)17/h3-9,15H,10H2,1-2H3. The molecule has 0 spiro atoms. The van der Waals surface area contributed by atoms with Crippen LogP contribution in [0.5, 0.6) is 0 Å². The number of hydrogen-bond acceptors (Lipinski definition) is 3. The van der Waals surface area contributed by atoms with Crippen molar-refractivity contribution in [2.45, 2.75) is 26.2 Å². The quantitative estimate of drug-likeness (QED) is 0.716. The molecule has 0 N–H and O–H groups in total. The first-order valence-electron chi connectivity index (χ1n) is 6.99. The highest BCUT2D eigenvalue weighted by Crippen LogP contribution is 2.29. The highest BCUT2D eigenvalue weighted by molar-refractivity contribution is 5.86. The summed E-state index contributed by atoms with van der Waals surface area (Å²) >= 11 is 0. The van der Waals surface area contributed by atoms with Gasteiger partial charge in [-0.1, -0.05) is 47.6 Å². The zero-order chi connectivity index (χ0) is 14.8. The summed E-state index contributed by atoms with van der Waals surface area (Å²) in [4.78, 5) is 0. The second-order valence-corrected chi connectivity index (χ2v) is 5.26. The van der Waals surface area contributed by atoms with Gasteiger partial charge < -0.3 is 4.52 Å². The number of rotatable bonds is 3. The molecule has 104 valence electrons. The number of fused-ring (bicyclic) bond motifs is 1. The van der Waals surface area contributed by atoms with Crippen LogP contribution in [0.4, 0.5) is 0 Å². The van der Waals surface area contributed by atoms with Gasteiger partial charge in [-0.2, -0.15) is 5.26 Å². The summed E-state index contributed by atoms with van der Waals surface area (Å²) in [5.74, 6) is 0.598. The normalized spacial score (nSPS) is 12.2. The average molecular weight is 276 g/mol. The molecule has 1 heterocycles. The second kappa shape index (κ2) is 5.41. The summed E-state index contributed by atoms with van der Waals surface area (Å²) in [7, 11) is 0. The van der Waals surface area contributed by atoms with Gasteiger partial charge in [-0.15, -0.1) is 0 Å². The Labute approximate surface area is 123 Å². The van der Waals surface area contributed by atoms with Crippen molar-refractivity contribution in [3.8, 4) is 6.07 Å². The van der Waals surface area contributed by atoms with Crippen LogP contribution in [0, 0.1) is 25.2 Å². The molecule has 0 aliphatic heterocycles. The molecule has 3 heteroatoms. The lowest BCUT2D eigenvalue weighted by molar-refractivity contribution is 0.392. The molecule has 0 bridgehead atoms. The number of nitrogens with zero attached hydrogens (tertiary/aromatic N) is 2. The molecule has 3 aromatic rings. The predicted molar refractivity (Wildman–Crippen MR) is 82.0 cm³/mol. The van der Waals surface area contributed by atoms with Gasteiger partial charge in [0, 0.05) is 5.56 Å². The Bertz CT molecular complexity index is 802. The van der Waals surface area contributed by atoms with Gasteiger partial charge in [0.25, 0.3) is 0 Å². The maximum atomic E-state index is 9.62. The van der Waals surface area contributed by atoms with E-state index < -0.39 is 0 Å². The fourth-order valence-electron chi connectivity index (χ4n) is 2.78. The molecule has 1 atom stereocenters. The van der Waals surface area contributed by atoms with Crippen LogP contribution in [0.15, 0.2) is 47.0 Å². The Morgan fingerprint density at radius 2 is 1.90 bits per heavy atom. The van der Waals surface area contributed by atoms with Crippen molar-refractivity contribution >= 4 is 10.8 Å². The fraction of sp³-hybridized carbons (Fsp3) is 0.222. The second-order valence-electron chi connectivity index (χ2n) is 5.26. The van der Waals surface area contributed by atoms with Crippen molar-refractivity contribution in [3.63, 3.8) is 0 Å². The van der Waals surface area contributed by atoms with E-state index in [0.717, 1.165) is 33.4 Å². The van der Waals surface area contributed by atoms with Crippen LogP contribution in [0.25, 0.3) is 10.8 Å². The third kappa shape index (κ3) is 2.41. The lowest BCUT2D eigenvalue weighted by Gasteiger charge is -2.12. The molecule has 0 radical (unpaired) electrons. The number of benzene rings is 2. The molecule has 0 amide bonds. The van der Waals surface area contributed by atoms with Crippen molar-refractivity contribution in [2.75, 3.05) is 0 Å². The fourth-order valence-corrected chi connectivity index (χ4v) is 2.78. The molecule has 0 fully saturated rings. The van der Waals surface area contributed by atoms with Crippen LogP contribution in [0.1, 0.15) is 28.5 Å². The van der Waals surface area contributed by atoms with Crippen molar-refractivity contribution < 1.29 is 4.52 Å². The summed E-state index contributed by atoms with van der Waals surface area (Å²) in [5.41, 5.74) is 2.97. The molecule has 3 rings (SSSR count). The van der Waals surface area contributed by atoms with E-state index in [4.69, 9.17) is 4.52 Å². The first-order valence-corrected chi connectivity index (χ1v) is 6.99. The highest BCUT2D eigenvalue weighted by Gasteiger charge is 2.19. The molecule has 0 aliphatic carbocycles. The van der Waals surface area contributed by atoms with Crippen LogP contribution in [-0.4, -0.2) is 5.16 Å². The van der Waals surface area contributed by atoms with E-state index >= 15 is 0 Å². The van der Waals surface area contributed by atoms with Gasteiger partial charge in [-0.05, 0) is 36.6 Å². The maximum Gasteiger partial charge on any atom is 0.137 e. The zero-order valence-corrected chi connectivity index (χ0v) is 12.1. The Morgan fingerprint density at radius 1 is 1.14 bits per heavy atom. The smallest absolute Gasteiger partial charge is 0.137 e. The highest BCUT2D eigenvalue weighted by atomic mass is 16.5. The van der Waals surface area contributed by atoms with Gasteiger partial charge in [-0.25, -0.2) is 0 Å². The van der Waals surface area contributed by atoms with Crippen molar-refractivity contribution in [2.24, 2.45) is 0 Å². The first-order chi connectivity index (χ1) is 10.2. The van der Waals surface area contributed by atoms with Crippen LogP contribution in [-0.2, 0) is 6.42 Å². The summed E-state index contributed by atoms with van der Waals surface area (Å²) < 4.78 is 5.20. The third-order valence-corrected chi connectivity index (χ3v) is 3.94. The van der Waals surface area contributed by atoms with Gasteiger partial charge in [0.05, 0.1) is 17.7 Å². The Kier molecular flexibility index (Phi) is 3.45. The number of hydrogen-bond donors (Lipinski definition) is 0. The summed E-state index contributed by atoms with van der Waals surface area (Å²) in [6, 6.07) is 16.7. The van der Waals surface area contributed by atoms with Gasteiger partial charge in [0.1, 0.15) is 5.76 Å². The molecule has 0 saturated heterocycles. The topological polar surface area (TPSA) is 49.8 Å². The largest absolute Gasteiger partial charge is 0.361 e. The Balaban J connectivity index is 2.06. The van der Waals surface area contributed by atoms with E-state index in [9.17, 15) is 5.26 Å². The number of nitriles is 1. The van der Waals surface area contributed by atoms with Crippen LogP contribution in [0.3, 0.4) is 0 Å². The van der Waals surface area contributed by atoms with Gasteiger partial charge in [-0.3, -0.25) is 0 Å². The summed E-state index contributed by atoms with van der Waals surface area (Å²) in [5, 5.41) is 15.9. The predicted octanol–water partition coefficient (Wildman–Crippen LogP) is 4.29. The lowest BCUT2D eigenvalue weighted by atomic mass is 9.89. The molecular weight excluding hydrogens is 260 g/mol. The van der Waals surface area contributed by atoms with Gasteiger partial charge >= 0.3 is 0 Å². The van der Waals surface area contributed by atoms with Crippen LogP contribution < -0.4 is 0 Å². The number of aromatic nitrogens is 1. The monoisotopic (exact) mass is 276 g/mol. The van der Waals surface area contributed by atoms with E-state index in [1.165, 1.54) is 0 Å². The van der Waals surface area contributed by atoms with E-state index in [1.54, 1.807) is 0 Å². The molecule has 1 aromatic heterocycles. The minimum atomic E-state index is -0.201. The third-order valence-electron chi connectivity index (χ3n) is 3.94. The van der Waals surface area contributed by atoms with Crippen LogP contribution in [0.2, 0.25) is 0 Å². The lowest BCUT2D eigenvalue weighted by Crippen LogP contribution is -2.03. The summed E-state index contributed by atoms with van der Waals surface area (Å²) in [6.45, 7) is 3.82. The zero-order valence-electron chi connectivity index (χ0n) is 12.1. The van der Waals surface area contributed by atoms with Crippen molar-refractivity contribution in [1.29, 1.82) is 5.26 Å². The minimum Gasteiger partial charge on any atom is -0.361 e. The van der Waals surface area contributed by atoms with E-state index in [2.05, 4.69) is 29.4 Å². The molecule has 3 nitrogen and oxygen atoms in total. The number of aryl methyl sites for hydroxylation is 2. The first kappa shape index (κ1) is 13.4. The maximum absolute atomic E-state index is 9.62. The van der Waals surface area contributed by atoms with E-state index in [-0.39, 0.29) is 5.92 Å². The van der Waals surface area contributed by atoms with Crippen LogP contribution >= 0.6 is 0 Å². The van der Waals surface area contributed by atoms with Gasteiger partial charge in [0.15, 0.2) is 0 Å².